The maximum absolute atomic E-state index is 12.7. The second-order valence-corrected chi connectivity index (χ2v) is 7.35. The van der Waals surface area contributed by atoms with Gasteiger partial charge in [-0.2, -0.15) is 0 Å². The molecule has 1 unspecified atom stereocenters. The number of rotatable bonds is 6. The smallest absolute Gasteiger partial charge is 0.255 e. The number of carbonyl (C=O) groups is 1. The van der Waals surface area contributed by atoms with Crippen LogP contribution >= 0.6 is 0 Å². The van der Waals surface area contributed by atoms with Gasteiger partial charge in [0.05, 0.1) is 19.0 Å². The average Bonchev–Trinajstić information content (AvgIpc) is 2.78. The lowest BCUT2D eigenvalue weighted by molar-refractivity contribution is 0.102. The summed E-state index contributed by atoms with van der Waals surface area (Å²) in [4.78, 5) is 16.8. The number of ether oxygens (including phenoxy) is 3. The molecule has 0 spiro atoms. The summed E-state index contributed by atoms with van der Waals surface area (Å²) in [6.45, 7) is 2.84. The molecular formula is C23H23N3O4. The van der Waals surface area contributed by atoms with E-state index in [1.165, 1.54) is 0 Å². The summed E-state index contributed by atoms with van der Waals surface area (Å²) in [5.41, 5.74) is 1.47. The van der Waals surface area contributed by atoms with E-state index in [4.69, 9.17) is 14.2 Å². The summed E-state index contributed by atoms with van der Waals surface area (Å²) in [6.07, 6.45) is 3.37. The summed E-state index contributed by atoms with van der Waals surface area (Å²) in [5, 5.41) is 6.34. The van der Waals surface area contributed by atoms with E-state index >= 15 is 0 Å². The van der Waals surface area contributed by atoms with Crippen LogP contribution in [-0.4, -0.2) is 36.8 Å². The van der Waals surface area contributed by atoms with Gasteiger partial charge in [-0.1, -0.05) is 6.07 Å². The van der Waals surface area contributed by atoms with Gasteiger partial charge in [-0.15, -0.1) is 0 Å². The fourth-order valence-electron chi connectivity index (χ4n) is 3.15. The molecule has 0 saturated heterocycles. The molecule has 0 radical (unpaired) electrons. The molecule has 0 aliphatic carbocycles. The van der Waals surface area contributed by atoms with Gasteiger partial charge < -0.3 is 24.8 Å². The third-order valence-corrected chi connectivity index (χ3v) is 4.74. The quantitative estimate of drug-likeness (QED) is 0.646. The molecular weight excluding hydrogens is 382 g/mol. The van der Waals surface area contributed by atoms with Crippen LogP contribution in [0.1, 0.15) is 17.3 Å². The summed E-state index contributed by atoms with van der Waals surface area (Å²) in [6, 6.07) is 16.2. The molecule has 0 fully saturated rings. The Bertz CT molecular complexity index is 1040. The first-order chi connectivity index (χ1) is 14.5. The van der Waals surface area contributed by atoms with Gasteiger partial charge in [0.25, 0.3) is 5.91 Å². The Labute approximate surface area is 175 Å². The van der Waals surface area contributed by atoms with Crippen LogP contribution in [0.25, 0.3) is 0 Å². The molecule has 2 aromatic carbocycles. The van der Waals surface area contributed by atoms with Crippen molar-refractivity contribution in [2.75, 3.05) is 31.0 Å². The van der Waals surface area contributed by atoms with Crippen molar-refractivity contribution < 1.29 is 19.0 Å². The van der Waals surface area contributed by atoms with E-state index in [-0.39, 0.29) is 5.91 Å². The van der Waals surface area contributed by atoms with E-state index in [2.05, 4.69) is 15.6 Å². The van der Waals surface area contributed by atoms with E-state index in [1.54, 1.807) is 43.8 Å². The van der Waals surface area contributed by atoms with E-state index < -0.39 is 5.54 Å². The third-order valence-electron chi connectivity index (χ3n) is 4.74. The van der Waals surface area contributed by atoms with E-state index in [1.807, 2.05) is 37.3 Å². The maximum atomic E-state index is 12.7. The zero-order chi connectivity index (χ0) is 21.0. The number of fused-ring (bicyclic) bond motifs is 1. The number of methoxy groups -OCH3 is 1. The predicted octanol–water partition coefficient (Wildman–Crippen LogP) is 3.98. The first-order valence-electron chi connectivity index (χ1n) is 9.58. The lowest BCUT2D eigenvalue weighted by Crippen LogP contribution is -2.48. The van der Waals surface area contributed by atoms with E-state index in [0.29, 0.717) is 41.7 Å². The van der Waals surface area contributed by atoms with Gasteiger partial charge in [-0.25, -0.2) is 0 Å². The fourth-order valence-corrected chi connectivity index (χ4v) is 3.15. The Balaban J connectivity index is 1.46. The van der Waals surface area contributed by atoms with Gasteiger partial charge in [-0.05, 0) is 49.4 Å². The van der Waals surface area contributed by atoms with Crippen LogP contribution in [-0.2, 0) is 0 Å². The van der Waals surface area contributed by atoms with Gasteiger partial charge in [0.15, 0.2) is 0 Å². The van der Waals surface area contributed by atoms with Crippen LogP contribution in [0.3, 0.4) is 0 Å². The number of anilines is 2. The fraction of sp³-hybridized carbons (Fsp3) is 0.217. The lowest BCUT2D eigenvalue weighted by Gasteiger charge is -2.36. The molecule has 1 aromatic heterocycles. The van der Waals surface area contributed by atoms with Crippen molar-refractivity contribution in [2.45, 2.75) is 12.5 Å². The lowest BCUT2D eigenvalue weighted by atomic mass is 10.0. The number of hydrogen-bond acceptors (Lipinski definition) is 6. The number of nitrogens with zero attached hydrogens (tertiary/aromatic N) is 1. The number of aromatic nitrogens is 1. The van der Waals surface area contributed by atoms with Crippen molar-refractivity contribution in [1.29, 1.82) is 0 Å². The van der Waals surface area contributed by atoms with Crippen LogP contribution < -0.4 is 24.8 Å². The Hall–Kier alpha value is -3.74. The molecule has 1 atom stereocenters. The van der Waals surface area contributed by atoms with Crippen LogP contribution in [0, 0.1) is 0 Å². The van der Waals surface area contributed by atoms with Crippen LogP contribution in [0.2, 0.25) is 0 Å². The van der Waals surface area contributed by atoms with Crippen molar-refractivity contribution in [3.05, 3.63) is 72.6 Å². The second-order valence-electron chi connectivity index (χ2n) is 7.35. The minimum Gasteiger partial charge on any atom is -0.497 e. The average molecular weight is 405 g/mol. The largest absolute Gasteiger partial charge is 0.497 e. The standard InChI is InChI=1S/C23H23N3O4/c1-23(14-29-19-7-4-10-24-13-19)15-30-21-9-8-16(11-20(21)26-23)22(27)25-17-5-3-6-18(12-17)28-2/h3-13,26H,14-15H2,1-2H3,(H,25,27). The highest BCUT2D eigenvalue weighted by Crippen LogP contribution is 2.34. The Kier molecular flexibility index (Phi) is 5.43. The molecule has 4 rings (SSSR count). The van der Waals surface area contributed by atoms with Crippen LogP contribution in [0.15, 0.2) is 67.0 Å². The van der Waals surface area contributed by atoms with Crippen LogP contribution in [0.4, 0.5) is 11.4 Å². The second kappa shape index (κ2) is 8.32. The zero-order valence-corrected chi connectivity index (χ0v) is 16.8. The number of amides is 1. The molecule has 7 heteroatoms. The molecule has 2 heterocycles. The summed E-state index contributed by atoms with van der Waals surface area (Å²) >= 11 is 0. The molecule has 154 valence electrons. The molecule has 1 aliphatic rings. The highest BCUT2D eigenvalue weighted by atomic mass is 16.5. The Morgan fingerprint density at radius 3 is 2.87 bits per heavy atom. The predicted molar refractivity (Wildman–Crippen MR) is 115 cm³/mol. The number of benzene rings is 2. The van der Waals surface area contributed by atoms with Gasteiger partial charge in [0.2, 0.25) is 0 Å². The molecule has 3 aromatic rings. The number of nitrogens with one attached hydrogen (secondary N) is 2. The Morgan fingerprint density at radius 1 is 1.20 bits per heavy atom. The van der Waals surface area contributed by atoms with E-state index in [0.717, 1.165) is 5.69 Å². The van der Waals surface area contributed by atoms with Gasteiger partial charge in [0, 0.05) is 23.5 Å². The third kappa shape index (κ3) is 4.46. The SMILES string of the molecule is COc1cccc(NC(=O)c2ccc3c(c2)NC(C)(COc2cccnc2)CO3)c1. The van der Waals surface area contributed by atoms with Crippen molar-refractivity contribution in [3.8, 4) is 17.2 Å². The van der Waals surface area contributed by atoms with Gasteiger partial charge in [-0.3, -0.25) is 9.78 Å². The zero-order valence-electron chi connectivity index (χ0n) is 16.8. The minimum atomic E-state index is -0.454. The number of hydrogen-bond donors (Lipinski definition) is 2. The number of pyridine rings is 1. The first kappa shape index (κ1) is 19.6. The number of carbonyl (C=O) groups excluding carboxylic acids is 1. The monoisotopic (exact) mass is 405 g/mol. The molecule has 7 nitrogen and oxygen atoms in total. The topological polar surface area (TPSA) is 81.7 Å². The molecule has 1 amide bonds. The van der Waals surface area contributed by atoms with Gasteiger partial charge in [0.1, 0.15) is 36.0 Å². The Morgan fingerprint density at radius 2 is 2.07 bits per heavy atom. The van der Waals surface area contributed by atoms with Crippen molar-refractivity contribution in [2.24, 2.45) is 0 Å². The highest BCUT2D eigenvalue weighted by molar-refractivity contribution is 6.05. The summed E-state index contributed by atoms with van der Waals surface area (Å²) in [7, 11) is 1.59. The molecule has 1 aliphatic heterocycles. The molecule has 2 N–H and O–H groups in total. The first-order valence-corrected chi connectivity index (χ1v) is 9.58. The molecule has 30 heavy (non-hydrogen) atoms. The molecule has 0 bridgehead atoms. The van der Waals surface area contributed by atoms with Crippen molar-refractivity contribution in [3.63, 3.8) is 0 Å². The van der Waals surface area contributed by atoms with Crippen molar-refractivity contribution in [1.82, 2.24) is 4.98 Å². The highest BCUT2D eigenvalue weighted by Gasteiger charge is 2.32. The molecule has 0 saturated carbocycles. The van der Waals surface area contributed by atoms with Gasteiger partial charge >= 0.3 is 0 Å². The van der Waals surface area contributed by atoms with Crippen molar-refractivity contribution >= 4 is 17.3 Å². The maximum Gasteiger partial charge on any atom is 0.255 e. The van der Waals surface area contributed by atoms with E-state index in [9.17, 15) is 4.79 Å². The summed E-state index contributed by atoms with van der Waals surface area (Å²) < 4.78 is 17.0. The normalized spacial score (nSPS) is 17.1. The van der Waals surface area contributed by atoms with Crippen LogP contribution in [0.5, 0.6) is 17.2 Å². The summed E-state index contributed by atoms with van der Waals surface area (Å²) in [5.74, 6) is 1.86. The minimum absolute atomic E-state index is 0.216.